The molecule has 546 valence electrons. The third kappa shape index (κ3) is 14.3. The third-order valence-electron chi connectivity index (χ3n) is 20.3. The minimum Gasteiger partial charge on any atom is -0.497 e. The zero-order valence-corrected chi connectivity index (χ0v) is 60.8. The topological polar surface area (TPSA) is 222 Å². The van der Waals surface area contributed by atoms with Gasteiger partial charge in [0.2, 0.25) is 0 Å². The molecular formula is C86H82N5O15P. The van der Waals surface area contributed by atoms with Crippen molar-refractivity contribution in [1.82, 2.24) is 24.0 Å². The number of hydrogen-bond donors (Lipinski definition) is 2. The summed E-state index contributed by atoms with van der Waals surface area (Å²) in [4.78, 5) is 61.5. The van der Waals surface area contributed by atoms with Gasteiger partial charge in [0.1, 0.15) is 76.2 Å². The number of H-pyrrole nitrogens is 2. The van der Waals surface area contributed by atoms with Crippen molar-refractivity contribution < 1.29 is 51.5 Å². The van der Waals surface area contributed by atoms with E-state index in [1.807, 2.05) is 225 Å². The molecular weight excluding hydrogens is 1370 g/mol. The Kier molecular flexibility index (Phi) is 21.4. The lowest BCUT2D eigenvalue weighted by molar-refractivity contribution is -0.101. The van der Waals surface area contributed by atoms with Gasteiger partial charge in [-0.05, 0) is 125 Å². The number of nitrogens with one attached hydrogen (secondary N) is 2. The van der Waals surface area contributed by atoms with Crippen LogP contribution in [0.5, 0.6) is 23.0 Å². The fraction of sp³-hybridized carbons (Fsp3) is 0.233. The monoisotopic (exact) mass is 1460 g/mol. The lowest BCUT2D eigenvalue weighted by atomic mass is 9.75. The van der Waals surface area contributed by atoms with Gasteiger partial charge in [0.15, 0.2) is 0 Å². The number of ether oxygens (including phenoxy) is 8. The third-order valence-corrected chi connectivity index (χ3v) is 22.5. The molecule has 2 saturated heterocycles. The maximum Gasteiger partial charge on any atom is 0.341 e. The van der Waals surface area contributed by atoms with Crippen molar-refractivity contribution in [2.75, 3.05) is 41.7 Å². The Balaban J connectivity index is 0.920. The molecule has 2 aromatic heterocycles. The summed E-state index contributed by atoms with van der Waals surface area (Å²) in [6.07, 6.45) is 3.37. The first-order valence-electron chi connectivity index (χ1n) is 35.3. The first-order chi connectivity index (χ1) is 52.1. The van der Waals surface area contributed by atoms with Crippen LogP contribution < -0.4 is 41.4 Å². The summed E-state index contributed by atoms with van der Waals surface area (Å²) >= 11 is 0. The van der Waals surface area contributed by atoms with Crippen molar-refractivity contribution in [3.8, 4) is 23.0 Å². The standard InChI is InChI=1S/C86H82N5O15P/c1-58-54-90(82(94)87-80(58)92)78-52-74(105-86(64-30-20-11-21-31-64,67-36-44-71(99-5)45-37-67)68-38-46-72(100-6)47-39-68)77(104-78)57-102-107(96,73-48-50-89(51-49-73)84(60-22-12-7-13-23-60,61-24-14-8-15-25-61)62-26-16-9-17-27-62)106-75-53-79(91-55-59(2)81(93)88-83(91)95)103-76(75)56-101-85(63-28-18-10-19-29-63,65-32-40-69(97-3)41-33-65)66-34-42-70(98-4)43-35-66/h7-51,54-55,73-79H,52-53,56-57H2,1-6H3,(H,87,92,94)(H,88,93,95)/t74?,75-,76?,77?,78?,79+,107?/m0/s1. The van der Waals surface area contributed by atoms with Gasteiger partial charge >= 0.3 is 19.0 Å². The average Bonchev–Trinajstić information content (AvgIpc) is 1.42. The maximum absolute atomic E-state index is 17.6. The number of methoxy groups -OCH3 is 4. The van der Waals surface area contributed by atoms with Crippen LogP contribution in [0.2, 0.25) is 0 Å². The van der Waals surface area contributed by atoms with E-state index in [0.717, 1.165) is 27.8 Å². The van der Waals surface area contributed by atoms with E-state index in [1.165, 1.54) is 21.5 Å². The second kappa shape index (κ2) is 31.5. The highest BCUT2D eigenvalue weighted by Gasteiger charge is 2.52. The summed E-state index contributed by atoms with van der Waals surface area (Å²) in [6, 6.07) is 80.1. The highest BCUT2D eigenvalue weighted by molar-refractivity contribution is 7.55. The fourth-order valence-electron chi connectivity index (χ4n) is 14.9. The van der Waals surface area contributed by atoms with Gasteiger partial charge in [-0.2, -0.15) is 0 Å². The van der Waals surface area contributed by atoms with Crippen molar-refractivity contribution in [3.63, 3.8) is 0 Å². The molecule has 20 nitrogen and oxygen atoms in total. The predicted octanol–water partition coefficient (Wildman–Crippen LogP) is 14.0. The molecule has 2 N–H and O–H groups in total. The molecule has 0 radical (unpaired) electrons. The zero-order valence-electron chi connectivity index (χ0n) is 59.9. The van der Waals surface area contributed by atoms with Gasteiger partial charge in [0, 0.05) is 48.8 Å². The predicted molar refractivity (Wildman–Crippen MR) is 406 cm³/mol. The molecule has 2 fully saturated rings. The number of aromatic nitrogens is 4. The van der Waals surface area contributed by atoms with Crippen LogP contribution in [0.1, 0.15) is 86.5 Å². The molecule has 3 aliphatic rings. The number of aromatic amines is 2. The van der Waals surface area contributed by atoms with Crippen molar-refractivity contribution in [2.24, 2.45) is 0 Å². The number of rotatable bonds is 27. The second-order valence-corrected chi connectivity index (χ2v) is 28.7. The number of allylic oxidation sites excluding steroid dienone is 2. The van der Waals surface area contributed by atoms with E-state index in [0.29, 0.717) is 45.3 Å². The van der Waals surface area contributed by atoms with E-state index in [-0.39, 0.29) is 30.6 Å². The lowest BCUT2D eigenvalue weighted by Gasteiger charge is -2.45. The van der Waals surface area contributed by atoms with E-state index in [4.69, 9.17) is 46.9 Å². The molecule has 5 heterocycles. The molecule has 21 heteroatoms. The Morgan fingerprint density at radius 1 is 0.421 bits per heavy atom. The van der Waals surface area contributed by atoms with Crippen molar-refractivity contribution in [3.05, 3.63) is 389 Å². The van der Waals surface area contributed by atoms with Gasteiger partial charge in [-0.15, -0.1) is 0 Å². The summed E-state index contributed by atoms with van der Waals surface area (Å²) in [5.41, 5.74) is -0.0517. The molecule has 0 bridgehead atoms. The molecule has 0 aliphatic carbocycles. The summed E-state index contributed by atoms with van der Waals surface area (Å²) in [7, 11) is 1.57. The summed E-state index contributed by atoms with van der Waals surface area (Å²) < 4.78 is 87.2. The van der Waals surface area contributed by atoms with E-state index >= 15 is 4.57 Å². The van der Waals surface area contributed by atoms with Crippen LogP contribution in [0.25, 0.3) is 0 Å². The van der Waals surface area contributed by atoms with Crippen LogP contribution in [0.3, 0.4) is 0 Å². The minimum atomic E-state index is -4.81. The van der Waals surface area contributed by atoms with Gasteiger partial charge in [0.05, 0.1) is 47.8 Å². The number of nitrogens with zero attached hydrogens (tertiary/aromatic N) is 3. The van der Waals surface area contributed by atoms with Crippen LogP contribution in [-0.4, -0.2) is 95.7 Å². The Labute approximate surface area is 619 Å². The average molecular weight is 1460 g/mol. The Bertz CT molecular complexity index is 5010. The molecule has 11 aromatic rings. The maximum atomic E-state index is 17.6. The number of hydrogen-bond acceptors (Lipinski definition) is 16. The minimum absolute atomic E-state index is 0.000648. The summed E-state index contributed by atoms with van der Waals surface area (Å²) in [5.74, 6) is 2.42. The summed E-state index contributed by atoms with van der Waals surface area (Å²) in [6.45, 7) is 2.43. The quantitative estimate of drug-likeness (QED) is 0.0361. The van der Waals surface area contributed by atoms with Gasteiger partial charge in [-0.3, -0.25) is 33.3 Å². The first kappa shape index (κ1) is 72.7. The molecule has 107 heavy (non-hydrogen) atoms. The smallest absolute Gasteiger partial charge is 0.341 e. The first-order valence-corrected chi connectivity index (χ1v) is 36.9. The molecule has 0 spiro atoms. The van der Waals surface area contributed by atoms with E-state index in [2.05, 4.69) is 51.3 Å². The molecule has 5 unspecified atom stereocenters. The van der Waals surface area contributed by atoms with Crippen molar-refractivity contribution in [2.45, 2.75) is 86.0 Å². The van der Waals surface area contributed by atoms with Crippen LogP contribution in [-0.2, 0) is 49.3 Å². The van der Waals surface area contributed by atoms with Crippen LogP contribution in [0.15, 0.2) is 305 Å². The van der Waals surface area contributed by atoms with E-state index in [9.17, 15) is 19.2 Å². The Morgan fingerprint density at radius 2 is 0.748 bits per heavy atom. The van der Waals surface area contributed by atoms with Gasteiger partial charge < -0.3 is 51.8 Å². The van der Waals surface area contributed by atoms with Crippen LogP contribution >= 0.6 is 7.60 Å². The van der Waals surface area contributed by atoms with E-state index < -0.39 is 96.0 Å². The largest absolute Gasteiger partial charge is 0.497 e. The van der Waals surface area contributed by atoms with Gasteiger partial charge in [-0.25, -0.2) is 9.59 Å². The molecule has 3 aliphatic heterocycles. The summed E-state index contributed by atoms with van der Waals surface area (Å²) in [5, 5.41) is 0. The molecule has 7 atom stereocenters. The molecule has 14 rings (SSSR count). The number of benzene rings is 9. The van der Waals surface area contributed by atoms with Crippen molar-refractivity contribution >= 4 is 7.60 Å². The van der Waals surface area contributed by atoms with Gasteiger partial charge in [0.25, 0.3) is 11.1 Å². The fourth-order valence-corrected chi connectivity index (χ4v) is 16.8. The second-order valence-electron chi connectivity index (χ2n) is 26.5. The van der Waals surface area contributed by atoms with Crippen LogP contribution in [0.4, 0.5) is 0 Å². The highest BCUT2D eigenvalue weighted by Crippen LogP contribution is 2.60. The SMILES string of the molecule is COc1ccc(C(OCC2O[C@@H](n3cc(C)c(=O)[nH]c3=O)C[C@@H]2OP(=O)(OCC2OC(n3cc(C)c(=O)[nH]c3=O)CC2OC(c2ccccc2)(c2ccc(OC)cc2)c2ccc(OC)cc2)C2C=CN(C(c3ccccc3)(c3ccccc3)c3ccccc3)C=C2)(c2ccccc2)c2ccc(OC)cc2)cc1. The molecule has 9 aromatic carbocycles. The highest BCUT2D eigenvalue weighted by atomic mass is 31.2. The lowest BCUT2D eigenvalue weighted by Crippen LogP contribution is -2.43. The Hall–Kier alpha value is -11.2. The number of aryl methyl sites for hydroxylation is 2. The van der Waals surface area contributed by atoms with Crippen LogP contribution in [0, 0.1) is 13.8 Å². The van der Waals surface area contributed by atoms with Gasteiger partial charge in [-0.1, -0.05) is 200 Å². The molecule has 0 saturated carbocycles. The molecule has 0 amide bonds. The Morgan fingerprint density at radius 3 is 1.12 bits per heavy atom. The zero-order chi connectivity index (χ0) is 74.3. The normalized spacial score (nSPS) is 18.8. The van der Waals surface area contributed by atoms with E-state index in [1.54, 1.807) is 54.4 Å². The van der Waals surface area contributed by atoms with Crippen molar-refractivity contribution in [1.29, 1.82) is 0 Å².